The summed E-state index contributed by atoms with van der Waals surface area (Å²) in [5.41, 5.74) is 1.03. The summed E-state index contributed by atoms with van der Waals surface area (Å²) in [5.74, 6) is 4.44. The predicted molar refractivity (Wildman–Crippen MR) is 97.7 cm³/mol. The average molecular weight is 362 g/mol. The normalized spacial score (nSPS) is 29.7. The van der Waals surface area contributed by atoms with Gasteiger partial charge in [-0.05, 0) is 37.7 Å². The monoisotopic (exact) mass is 362 g/mol. The molecule has 1 unspecified atom stereocenters. The van der Waals surface area contributed by atoms with Crippen LogP contribution in [0.4, 0.5) is 5.82 Å². The molecule has 27 heavy (non-hydrogen) atoms. The van der Waals surface area contributed by atoms with Crippen LogP contribution < -0.4 is 0 Å². The van der Waals surface area contributed by atoms with Crippen LogP contribution in [0, 0.1) is 11.8 Å². The Balaban J connectivity index is 1.35. The van der Waals surface area contributed by atoms with Gasteiger partial charge in [0.1, 0.15) is 12.2 Å². The van der Waals surface area contributed by atoms with Crippen molar-refractivity contribution in [3.63, 3.8) is 0 Å². The summed E-state index contributed by atoms with van der Waals surface area (Å²) in [4.78, 5) is 13.3. The molecule has 1 aromatic heterocycles. The first kappa shape index (κ1) is 15.4. The van der Waals surface area contributed by atoms with E-state index in [1.807, 2.05) is 12.3 Å². The number of fused-ring (bicyclic) bond motifs is 3. The van der Waals surface area contributed by atoms with Crippen molar-refractivity contribution in [1.29, 1.82) is 0 Å². The molecule has 0 bridgehead atoms. The van der Waals surface area contributed by atoms with Gasteiger partial charge >= 0.3 is 0 Å². The Morgan fingerprint density at radius 3 is 2.93 bits per heavy atom. The SMILES string of the molecule is CC[C@@H]1C[C@H](n2ncnc2C2CC2)C[C@@H]1C1N=Nc2cnc3nccc-3n21. The smallest absolute Gasteiger partial charge is 0.176 e. The molecule has 8 heteroatoms. The van der Waals surface area contributed by atoms with Crippen LogP contribution in [0.15, 0.2) is 35.0 Å². The van der Waals surface area contributed by atoms with Crippen LogP contribution in [0.3, 0.4) is 0 Å². The second kappa shape index (κ2) is 5.68. The van der Waals surface area contributed by atoms with Crippen molar-refractivity contribution >= 4 is 5.82 Å². The van der Waals surface area contributed by atoms with Crippen molar-refractivity contribution in [2.75, 3.05) is 0 Å². The molecule has 0 N–H and O–H groups in total. The maximum atomic E-state index is 4.67. The highest BCUT2D eigenvalue weighted by Crippen LogP contribution is 2.51. The van der Waals surface area contributed by atoms with Gasteiger partial charge in [0.15, 0.2) is 17.8 Å². The maximum Gasteiger partial charge on any atom is 0.176 e. The Hall–Kier alpha value is -2.64. The van der Waals surface area contributed by atoms with Crippen LogP contribution in [0.1, 0.15) is 63.0 Å². The Morgan fingerprint density at radius 1 is 1.15 bits per heavy atom. The fourth-order valence-electron chi connectivity index (χ4n) is 5.05. The van der Waals surface area contributed by atoms with Crippen LogP contribution in [0.2, 0.25) is 0 Å². The van der Waals surface area contributed by atoms with Crippen molar-refractivity contribution in [2.24, 2.45) is 22.1 Å². The third-order valence-corrected chi connectivity index (χ3v) is 6.53. The minimum absolute atomic E-state index is 0.0255. The number of rotatable bonds is 4. The molecule has 0 radical (unpaired) electrons. The molecule has 2 fully saturated rings. The number of hydrogen-bond donors (Lipinski definition) is 0. The fraction of sp³-hybridized carbons (Fsp3) is 0.579. The van der Waals surface area contributed by atoms with Gasteiger partial charge in [-0.25, -0.2) is 19.6 Å². The summed E-state index contributed by atoms with van der Waals surface area (Å²) in [5, 5.41) is 13.7. The van der Waals surface area contributed by atoms with Gasteiger partial charge in [-0.1, -0.05) is 13.3 Å². The van der Waals surface area contributed by atoms with E-state index < -0.39 is 0 Å². The molecule has 0 spiro atoms. The van der Waals surface area contributed by atoms with Crippen LogP contribution in [0.5, 0.6) is 0 Å². The standard InChI is InChI=1S/C19H22N8/c1-2-11-7-13(27-18(12-3-4-12)22-10-23-27)8-14(11)19-25-24-16-9-21-17-15(26(16)19)5-6-20-17/h5-6,9-14,19H,2-4,7-8H2,1H3/t11-,13+,14+,19?/m1/s1. The molecule has 0 amide bonds. The van der Waals surface area contributed by atoms with Gasteiger partial charge in [-0.15, -0.1) is 5.11 Å². The number of nitrogens with zero attached hydrogens (tertiary/aromatic N) is 8. The number of hydrogen-bond acceptors (Lipinski definition) is 6. The first-order chi connectivity index (χ1) is 13.3. The first-order valence-corrected chi connectivity index (χ1v) is 9.95. The Kier molecular flexibility index (Phi) is 3.24. The van der Waals surface area contributed by atoms with Crippen LogP contribution >= 0.6 is 0 Å². The molecular weight excluding hydrogens is 340 g/mol. The lowest BCUT2D eigenvalue weighted by molar-refractivity contribution is 0.268. The molecular formula is C19H22N8. The molecule has 138 valence electrons. The van der Waals surface area contributed by atoms with Gasteiger partial charge in [-0.2, -0.15) is 10.2 Å². The average Bonchev–Trinajstić information content (AvgIpc) is 3.14. The zero-order valence-corrected chi connectivity index (χ0v) is 15.3. The minimum atomic E-state index is 0.0255. The van der Waals surface area contributed by atoms with Gasteiger partial charge < -0.3 is 0 Å². The second-order valence-corrected chi connectivity index (χ2v) is 8.06. The van der Waals surface area contributed by atoms with E-state index in [9.17, 15) is 0 Å². The van der Waals surface area contributed by atoms with Crippen LogP contribution in [-0.4, -0.2) is 29.3 Å². The summed E-state index contributed by atoms with van der Waals surface area (Å²) < 4.78 is 4.44. The van der Waals surface area contributed by atoms with E-state index in [4.69, 9.17) is 0 Å². The Morgan fingerprint density at radius 2 is 2.07 bits per heavy atom. The van der Waals surface area contributed by atoms with Crippen molar-refractivity contribution in [3.8, 4) is 11.5 Å². The van der Waals surface area contributed by atoms with Crippen LogP contribution in [0.25, 0.3) is 11.5 Å². The van der Waals surface area contributed by atoms with Gasteiger partial charge in [0.25, 0.3) is 0 Å². The van der Waals surface area contributed by atoms with Crippen LogP contribution in [-0.2, 0) is 0 Å². The van der Waals surface area contributed by atoms with Gasteiger partial charge in [0.2, 0.25) is 0 Å². The molecule has 5 aliphatic rings. The number of aromatic nitrogens is 6. The molecule has 4 atom stereocenters. The van der Waals surface area contributed by atoms with Gasteiger partial charge in [0, 0.05) is 18.0 Å². The summed E-state index contributed by atoms with van der Waals surface area (Å²) in [6, 6.07) is 2.43. The van der Waals surface area contributed by atoms with E-state index in [-0.39, 0.29) is 6.17 Å². The van der Waals surface area contributed by atoms with Crippen molar-refractivity contribution < 1.29 is 0 Å². The molecule has 6 rings (SSSR count). The molecule has 2 aliphatic carbocycles. The van der Waals surface area contributed by atoms with E-state index in [0.29, 0.717) is 23.8 Å². The van der Waals surface area contributed by atoms with Crippen molar-refractivity contribution in [2.45, 2.75) is 57.2 Å². The first-order valence-electron chi connectivity index (χ1n) is 9.95. The topological polar surface area (TPSA) is 86.1 Å². The summed E-state index contributed by atoms with van der Waals surface area (Å²) >= 11 is 0. The molecule has 0 aromatic carbocycles. The van der Waals surface area contributed by atoms with E-state index in [0.717, 1.165) is 36.6 Å². The van der Waals surface area contributed by atoms with E-state index in [1.165, 1.54) is 18.7 Å². The van der Waals surface area contributed by atoms with E-state index in [1.54, 1.807) is 12.5 Å². The zero-order chi connectivity index (χ0) is 18.0. The third kappa shape index (κ3) is 2.28. The van der Waals surface area contributed by atoms with Crippen molar-refractivity contribution in [1.82, 2.24) is 29.3 Å². The maximum absolute atomic E-state index is 4.67. The highest BCUT2D eigenvalue weighted by Gasteiger charge is 2.44. The lowest BCUT2D eigenvalue weighted by atomic mass is 9.91. The fourth-order valence-corrected chi connectivity index (χ4v) is 5.05. The molecule has 3 aliphatic heterocycles. The predicted octanol–water partition coefficient (Wildman–Crippen LogP) is 4.13. The Labute approximate surface area is 157 Å². The van der Waals surface area contributed by atoms with Gasteiger partial charge in [-0.3, -0.25) is 4.57 Å². The highest BCUT2D eigenvalue weighted by atomic mass is 15.4. The quantitative estimate of drug-likeness (QED) is 0.698. The lowest BCUT2D eigenvalue weighted by Gasteiger charge is -2.25. The lowest BCUT2D eigenvalue weighted by Crippen LogP contribution is -2.20. The number of azo groups is 1. The summed E-state index contributed by atoms with van der Waals surface area (Å²) in [7, 11) is 0. The molecule has 2 saturated carbocycles. The van der Waals surface area contributed by atoms with Crippen molar-refractivity contribution in [3.05, 3.63) is 30.6 Å². The highest BCUT2D eigenvalue weighted by molar-refractivity contribution is 5.56. The molecule has 8 nitrogen and oxygen atoms in total. The minimum Gasteiger partial charge on any atom is -0.295 e. The molecule has 4 heterocycles. The summed E-state index contributed by atoms with van der Waals surface area (Å²) in [6.07, 6.45) is 11.2. The third-order valence-electron chi connectivity index (χ3n) is 6.53. The largest absolute Gasteiger partial charge is 0.295 e. The summed E-state index contributed by atoms with van der Waals surface area (Å²) in [6.45, 7) is 2.28. The zero-order valence-electron chi connectivity index (χ0n) is 15.3. The Bertz CT molecular complexity index is 983. The van der Waals surface area contributed by atoms with E-state index in [2.05, 4.69) is 46.5 Å². The molecule has 0 saturated heterocycles. The van der Waals surface area contributed by atoms with Gasteiger partial charge in [0.05, 0.1) is 17.9 Å². The van der Waals surface area contributed by atoms with E-state index >= 15 is 0 Å². The molecule has 1 aromatic rings. The second-order valence-electron chi connectivity index (χ2n) is 8.06.